The number of nitrogens with zero attached hydrogens (tertiary/aromatic N) is 1. The molecule has 0 spiro atoms. The van der Waals surface area contributed by atoms with E-state index in [1.807, 2.05) is 53.7 Å². The van der Waals surface area contributed by atoms with Gasteiger partial charge in [-0.3, -0.25) is 19.3 Å². The third-order valence-corrected chi connectivity index (χ3v) is 9.01. The molecular weight excluding hydrogens is 490 g/mol. The fourth-order valence-electron chi connectivity index (χ4n) is 4.82. The molecule has 2 amide bonds. The number of phenols is 1. The van der Waals surface area contributed by atoms with E-state index in [9.17, 15) is 14.4 Å². The number of carbonyl (C=O) groups is 3. The summed E-state index contributed by atoms with van der Waals surface area (Å²) in [5.74, 6) is 1.31. The molecule has 0 bridgehead atoms. The Hall–Kier alpha value is -2.37. The maximum absolute atomic E-state index is 12.1. The molecule has 39 heavy (non-hydrogen) atoms. The minimum absolute atomic E-state index is 0.00231. The van der Waals surface area contributed by atoms with Gasteiger partial charge >= 0.3 is 5.97 Å². The molecule has 1 aliphatic heterocycles. The Morgan fingerprint density at radius 3 is 1.92 bits per heavy atom. The van der Waals surface area contributed by atoms with Crippen molar-refractivity contribution in [3.8, 4) is 5.75 Å². The van der Waals surface area contributed by atoms with Gasteiger partial charge < -0.3 is 9.84 Å². The highest BCUT2D eigenvalue weighted by molar-refractivity contribution is 6.05. The minimum atomic E-state index is -0.424. The largest absolute Gasteiger partial charge is 0.508 e. The van der Waals surface area contributed by atoms with E-state index >= 15 is 0 Å². The number of esters is 1. The second kappa shape index (κ2) is 14.9. The van der Waals surface area contributed by atoms with Crippen LogP contribution in [0.4, 0.5) is 0 Å². The molecule has 1 saturated carbocycles. The summed E-state index contributed by atoms with van der Waals surface area (Å²) in [4.78, 5) is 36.4. The molecule has 0 aromatic heterocycles. The fourth-order valence-corrected chi connectivity index (χ4v) is 4.82. The van der Waals surface area contributed by atoms with Gasteiger partial charge in [-0.05, 0) is 95.2 Å². The summed E-state index contributed by atoms with van der Waals surface area (Å²) in [6, 6.07) is 7.43. The molecule has 2 unspecified atom stereocenters. The van der Waals surface area contributed by atoms with Gasteiger partial charge in [0.05, 0.1) is 10.8 Å². The zero-order valence-electron chi connectivity index (χ0n) is 26.4. The summed E-state index contributed by atoms with van der Waals surface area (Å²) < 4.78 is 5.88. The zero-order valence-corrected chi connectivity index (χ0v) is 26.4. The molecule has 2 aliphatic rings. The smallest absolute Gasteiger partial charge is 0.312 e. The number of likely N-dealkylation sites (tertiary alicyclic amines) is 1. The van der Waals surface area contributed by atoms with Crippen molar-refractivity contribution in [2.75, 3.05) is 6.54 Å². The summed E-state index contributed by atoms with van der Waals surface area (Å²) in [5.41, 5.74) is 0.353. The van der Waals surface area contributed by atoms with E-state index in [2.05, 4.69) is 27.7 Å². The topological polar surface area (TPSA) is 83.9 Å². The van der Waals surface area contributed by atoms with Gasteiger partial charge in [-0.1, -0.05) is 60.6 Å². The lowest BCUT2D eigenvalue weighted by atomic mass is 9.86. The van der Waals surface area contributed by atoms with Crippen LogP contribution in [-0.2, 0) is 19.1 Å². The van der Waals surface area contributed by atoms with Gasteiger partial charge in [0.1, 0.15) is 11.4 Å². The van der Waals surface area contributed by atoms with Crippen LogP contribution in [0.3, 0.4) is 0 Å². The first kappa shape index (κ1) is 34.7. The summed E-state index contributed by atoms with van der Waals surface area (Å²) >= 11 is 0. The van der Waals surface area contributed by atoms with E-state index in [0.29, 0.717) is 30.6 Å². The summed E-state index contributed by atoms with van der Waals surface area (Å²) in [6.07, 6.45) is 7.57. The second-order valence-electron chi connectivity index (χ2n) is 12.5. The van der Waals surface area contributed by atoms with Crippen LogP contribution in [0.1, 0.15) is 132 Å². The standard InChI is InChI=1S/C14H26O2.C10H14O.C9H15NO2/c1-6-13(4,5)12(15)16-14(11(2)3)9-7-8-10-14;1-3-8(2)9-4-6-10(11)7-5-9;1-4-9(3)6-7(11)10(5-2)8(9)12/h11H,6-10H2,1-5H3;4-8,11H,3H2,1-2H3;4-6H2,1-3H3. The van der Waals surface area contributed by atoms with Crippen molar-refractivity contribution in [3.05, 3.63) is 29.8 Å². The highest BCUT2D eigenvalue weighted by Gasteiger charge is 2.46. The van der Waals surface area contributed by atoms with Crippen molar-refractivity contribution < 1.29 is 24.2 Å². The van der Waals surface area contributed by atoms with E-state index in [1.54, 1.807) is 12.1 Å². The molecule has 0 radical (unpaired) electrons. The molecular formula is C33H55NO5. The average Bonchev–Trinajstić information content (AvgIpc) is 3.47. The molecule has 6 nitrogen and oxygen atoms in total. The third-order valence-electron chi connectivity index (χ3n) is 9.01. The Balaban J connectivity index is 0.000000299. The van der Waals surface area contributed by atoms with Crippen molar-refractivity contribution in [1.82, 2.24) is 4.90 Å². The number of rotatable bonds is 8. The van der Waals surface area contributed by atoms with Crippen molar-refractivity contribution >= 4 is 17.8 Å². The highest BCUT2D eigenvalue weighted by atomic mass is 16.6. The quantitative estimate of drug-likeness (QED) is 0.264. The monoisotopic (exact) mass is 545 g/mol. The average molecular weight is 546 g/mol. The van der Waals surface area contributed by atoms with Gasteiger partial charge in [0.25, 0.3) is 0 Å². The molecule has 222 valence electrons. The molecule has 1 aromatic rings. The number of carbonyl (C=O) groups excluding carboxylic acids is 3. The first-order chi connectivity index (χ1) is 18.1. The van der Waals surface area contributed by atoms with Crippen LogP contribution < -0.4 is 0 Å². The van der Waals surface area contributed by atoms with Gasteiger partial charge in [-0.15, -0.1) is 0 Å². The third kappa shape index (κ3) is 9.08. The lowest BCUT2D eigenvalue weighted by Gasteiger charge is -2.36. The number of phenolic OH excluding ortho intramolecular Hbond substituents is 1. The molecule has 1 heterocycles. The number of aromatic hydroxyl groups is 1. The maximum Gasteiger partial charge on any atom is 0.312 e. The van der Waals surface area contributed by atoms with Gasteiger partial charge in [0, 0.05) is 13.0 Å². The number of ether oxygens (including phenoxy) is 1. The Morgan fingerprint density at radius 2 is 1.56 bits per heavy atom. The summed E-state index contributed by atoms with van der Waals surface area (Å²) in [7, 11) is 0. The molecule has 1 saturated heterocycles. The number of benzene rings is 1. The first-order valence-corrected chi connectivity index (χ1v) is 15.0. The fraction of sp³-hybridized carbons (Fsp3) is 0.727. The number of imide groups is 1. The maximum atomic E-state index is 12.1. The van der Waals surface area contributed by atoms with Crippen molar-refractivity contribution in [1.29, 1.82) is 0 Å². The lowest BCUT2D eigenvalue weighted by molar-refractivity contribution is -0.175. The van der Waals surface area contributed by atoms with Crippen LogP contribution in [-0.4, -0.2) is 39.9 Å². The second-order valence-corrected chi connectivity index (χ2v) is 12.5. The van der Waals surface area contributed by atoms with Crippen LogP contribution in [0, 0.1) is 16.7 Å². The van der Waals surface area contributed by atoms with Gasteiger partial charge in [0.15, 0.2) is 0 Å². The normalized spacial score (nSPS) is 21.2. The lowest BCUT2D eigenvalue weighted by Crippen LogP contribution is -2.41. The van der Waals surface area contributed by atoms with Crippen LogP contribution in [0.5, 0.6) is 5.75 Å². The molecule has 1 N–H and O–H groups in total. The zero-order chi connectivity index (χ0) is 30.0. The van der Waals surface area contributed by atoms with E-state index in [1.165, 1.54) is 23.3 Å². The molecule has 2 fully saturated rings. The Morgan fingerprint density at radius 1 is 1.03 bits per heavy atom. The van der Waals surface area contributed by atoms with Crippen LogP contribution >= 0.6 is 0 Å². The number of hydrogen-bond acceptors (Lipinski definition) is 5. The highest BCUT2D eigenvalue weighted by Crippen LogP contribution is 2.41. The minimum Gasteiger partial charge on any atom is -0.508 e. The molecule has 3 rings (SSSR count). The van der Waals surface area contributed by atoms with Gasteiger partial charge in [-0.25, -0.2) is 0 Å². The Labute approximate surface area is 237 Å². The van der Waals surface area contributed by atoms with E-state index in [4.69, 9.17) is 9.84 Å². The Kier molecular flexibility index (Phi) is 13.2. The number of amides is 2. The van der Waals surface area contributed by atoms with E-state index in [-0.39, 0.29) is 28.8 Å². The first-order valence-electron chi connectivity index (χ1n) is 15.0. The van der Waals surface area contributed by atoms with Crippen molar-refractivity contribution in [2.45, 2.75) is 132 Å². The molecule has 6 heteroatoms. The summed E-state index contributed by atoms with van der Waals surface area (Å²) in [5, 5.41) is 9.01. The predicted octanol–water partition coefficient (Wildman–Crippen LogP) is 8.02. The SMILES string of the molecule is CCC(C)(C)C(=O)OC1(C(C)C)CCCC1.CCC(C)c1ccc(O)cc1.CCN1C(=O)CC(C)(CC)C1=O. The van der Waals surface area contributed by atoms with E-state index in [0.717, 1.165) is 32.1 Å². The van der Waals surface area contributed by atoms with Gasteiger partial charge in [-0.2, -0.15) is 0 Å². The van der Waals surface area contributed by atoms with Gasteiger partial charge in [0.2, 0.25) is 11.8 Å². The molecule has 2 atom stereocenters. The van der Waals surface area contributed by atoms with Crippen LogP contribution in [0.2, 0.25) is 0 Å². The summed E-state index contributed by atoms with van der Waals surface area (Å²) in [6.45, 7) is 20.8. The van der Waals surface area contributed by atoms with Crippen molar-refractivity contribution in [3.63, 3.8) is 0 Å². The van der Waals surface area contributed by atoms with Crippen LogP contribution in [0.25, 0.3) is 0 Å². The molecule has 1 aliphatic carbocycles. The number of hydrogen-bond donors (Lipinski definition) is 1. The van der Waals surface area contributed by atoms with Crippen LogP contribution in [0.15, 0.2) is 24.3 Å². The molecule has 1 aromatic carbocycles. The predicted molar refractivity (Wildman–Crippen MR) is 158 cm³/mol. The van der Waals surface area contributed by atoms with Crippen molar-refractivity contribution in [2.24, 2.45) is 16.7 Å². The Bertz CT molecular complexity index is 930. The van der Waals surface area contributed by atoms with E-state index < -0.39 is 5.41 Å².